The third-order valence-corrected chi connectivity index (χ3v) is 3.53. The zero-order chi connectivity index (χ0) is 7.14. The second-order valence-electron chi connectivity index (χ2n) is 4.57. The molecule has 0 saturated heterocycles. The van der Waals surface area contributed by atoms with E-state index in [0.717, 1.165) is 11.8 Å². The Morgan fingerprint density at radius 2 is 1.80 bits per heavy atom. The molecule has 0 nitrogen and oxygen atoms in total. The summed E-state index contributed by atoms with van der Waals surface area (Å²) in [5, 5.41) is 0. The van der Waals surface area contributed by atoms with E-state index in [9.17, 15) is 0 Å². The number of hydrogen-bond donors (Lipinski definition) is 0. The van der Waals surface area contributed by atoms with Crippen LogP contribution in [-0.2, 0) is 0 Å². The van der Waals surface area contributed by atoms with Crippen molar-refractivity contribution in [2.75, 3.05) is 0 Å². The fourth-order valence-electron chi connectivity index (χ4n) is 2.49. The Morgan fingerprint density at radius 3 is 2.40 bits per heavy atom. The molecule has 0 aromatic rings. The highest BCUT2D eigenvalue weighted by Gasteiger charge is 2.42. The topological polar surface area (TPSA) is 0 Å². The zero-order valence-corrected chi connectivity index (χ0v) is 7.14. The quantitative estimate of drug-likeness (QED) is 0.522. The molecule has 0 N–H and O–H groups in total. The molecule has 0 bridgehead atoms. The molecule has 3 atom stereocenters. The van der Waals surface area contributed by atoms with Gasteiger partial charge in [0.15, 0.2) is 0 Å². The highest BCUT2D eigenvalue weighted by Crippen LogP contribution is 2.52. The first-order valence-corrected chi connectivity index (χ1v) is 4.77. The summed E-state index contributed by atoms with van der Waals surface area (Å²) in [6.07, 6.45) is 6.21. The molecule has 2 fully saturated rings. The Labute approximate surface area is 64.0 Å². The third kappa shape index (κ3) is 1.09. The Balaban J connectivity index is 1.88. The van der Waals surface area contributed by atoms with Crippen LogP contribution in [0.2, 0.25) is 0 Å². The van der Waals surface area contributed by atoms with Crippen molar-refractivity contribution in [3.05, 3.63) is 0 Å². The fraction of sp³-hybridized carbons (Fsp3) is 1.00. The summed E-state index contributed by atoms with van der Waals surface area (Å²) in [6, 6.07) is 0. The molecule has 0 heterocycles. The Bertz CT molecular complexity index is 126. The smallest absolute Gasteiger partial charge is 0.0380 e. The van der Waals surface area contributed by atoms with Gasteiger partial charge in [0.05, 0.1) is 0 Å². The first kappa shape index (κ1) is 6.69. The molecular formula is C10H18. The maximum atomic E-state index is 2.38. The van der Waals surface area contributed by atoms with E-state index in [1.807, 2.05) is 0 Å². The molecule has 2 aliphatic rings. The summed E-state index contributed by atoms with van der Waals surface area (Å²) >= 11 is 0. The van der Waals surface area contributed by atoms with E-state index >= 15 is 0 Å². The van der Waals surface area contributed by atoms with Gasteiger partial charge in [-0.15, -0.1) is 0 Å². The van der Waals surface area contributed by atoms with Crippen molar-refractivity contribution in [2.45, 2.75) is 39.5 Å². The largest absolute Gasteiger partial charge is 0.0625 e. The van der Waals surface area contributed by atoms with E-state index in [0.29, 0.717) is 0 Å². The minimum Gasteiger partial charge on any atom is -0.0625 e. The second-order valence-corrected chi connectivity index (χ2v) is 4.57. The molecule has 0 heteroatoms. The van der Waals surface area contributed by atoms with E-state index < -0.39 is 0 Å². The Kier molecular flexibility index (Phi) is 1.51. The molecular weight excluding hydrogens is 120 g/mol. The maximum Gasteiger partial charge on any atom is -0.0380 e. The Morgan fingerprint density at radius 1 is 1.00 bits per heavy atom. The summed E-state index contributed by atoms with van der Waals surface area (Å²) < 4.78 is 0. The molecule has 0 unspecified atom stereocenters. The molecule has 0 amide bonds. The van der Waals surface area contributed by atoms with Gasteiger partial charge in [0.1, 0.15) is 0 Å². The lowest BCUT2D eigenvalue weighted by Gasteiger charge is -2.24. The molecule has 0 aromatic heterocycles. The number of fused-ring (bicyclic) bond motifs is 1. The lowest BCUT2D eigenvalue weighted by Crippen LogP contribution is -2.14. The SMILES string of the molecule is CC(C)[C@@H]1CC[C@H]2C[C@H]2C1. The summed E-state index contributed by atoms with van der Waals surface area (Å²) in [6.45, 7) is 4.76. The van der Waals surface area contributed by atoms with Crippen LogP contribution in [0, 0.1) is 23.7 Å². The summed E-state index contributed by atoms with van der Waals surface area (Å²) in [7, 11) is 0. The first-order chi connectivity index (χ1) is 4.77. The van der Waals surface area contributed by atoms with Crippen LogP contribution in [0.5, 0.6) is 0 Å². The molecule has 2 aliphatic carbocycles. The summed E-state index contributed by atoms with van der Waals surface area (Å²) in [4.78, 5) is 0. The normalized spacial score (nSPS) is 45.3. The van der Waals surface area contributed by atoms with E-state index in [1.165, 1.54) is 18.3 Å². The highest BCUT2D eigenvalue weighted by molar-refractivity contribution is 4.92. The average Bonchev–Trinajstić information content (AvgIpc) is 2.63. The van der Waals surface area contributed by atoms with Gasteiger partial charge in [-0.2, -0.15) is 0 Å². The van der Waals surface area contributed by atoms with Crippen LogP contribution in [0.1, 0.15) is 39.5 Å². The minimum atomic E-state index is 0.946. The predicted octanol–water partition coefficient (Wildman–Crippen LogP) is 3.08. The minimum absolute atomic E-state index is 0.946. The molecule has 0 radical (unpaired) electrons. The molecule has 0 aliphatic heterocycles. The van der Waals surface area contributed by atoms with Crippen molar-refractivity contribution in [1.82, 2.24) is 0 Å². The van der Waals surface area contributed by atoms with Crippen molar-refractivity contribution in [3.63, 3.8) is 0 Å². The van der Waals surface area contributed by atoms with Crippen LogP contribution in [0.25, 0.3) is 0 Å². The van der Waals surface area contributed by atoms with Crippen LogP contribution in [0.3, 0.4) is 0 Å². The number of rotatable bonds is 1. The molecule has 58 valence electrons. The Hall–Kier alpha value is 0. The van der Waals surface area contributed by atoms with Crippen molar-refractivity contribution >= 4 is 0 Å². The molecule has 10 heavy (non-hydrogen) atoms. The van der Waals surface area contributed by atoms with Crippen molar-refractivity contribution in [3.8, 4) is 0 Å². The van der Waals surface area contributed by atoms with E-state index in [1.54, 1.807) is 19.3 Å². The second kappa shape index (κ2) is 2.25. The van der Waals surface area contributed by atoms with Gasteiger partial charge in [0.25, 0.3) is 0 Å². The van der Waals surface area contributed by atoms with Gasteiger partial charge in [0.2, 0.25) is 0 Å². The van der Waals surface area contributed by atoms with Crippen LogP contribution in [-0.4, -0.2) is 0 Å². The third-order valence-electron chi connectivity index (χ3n) is 3.53. The fourth-order valence-corrected chi connectivity index (χ4v) is 2.49. The van der Waals surface area contributed by atoms with E-state index in [4.69, 9.17) is 0 Å². The van der Waals surface area contributed by atoms with E-state index in [-0.39, 0.29) is 0 Å². The van der Waals surface area contributed by atoms with Gasteiger partial charge in [-0.3, -0.25) is 0 Å². The monoisotopic (exact) mass is 138 g/mol. The van der Waals surface area contributed by atoms with Crippen molar-refractivity contribution in [1.29, 1.82) is 0 Å². The van der Waals surface area contributed by atoms with Crippen LogP contribution < -0.4 is 0 Å². The highest BCUT2D eigenvalue weighted by atomic mass is 14.5. The average molecular weight is 138 g/mol. The van der Waals surface area contributed by atoms with Gasteiger partial charge in [-0.1, -0.05) is 13.8 Å². The maximum absolute atomic E-state index is 2.38. The van der Waals surface area contributed by atoms with Crippen LogP contribution in [0.15, 0.2) is 0 Å². The molecule has 0 aromatic carbocycles. The van der Waals surface area contributed by atoms with Gasteiger partial charge in [-0.25, -0.2) is 0 Å². The van der Waals surface area contributed by atoms with Gasteiger partial charge in [0, 0.05) is 0 Å². The van der Waals surface area contributed by atoms with Crippen LogP contribution in [0.4, 0.5) is 0 Å². The van der Waals surface area contributed by atoms with Crippen molar-refractivity contribution in [2.24, 2.45) is 23.7 Å². The van der Waals surface area contributed by atoms with Gasteiger partial charge < -0.3 is 0 Å². The van der Waals surface area contributed by atoms with Gasteiger partial charge >= 0.3 is 0 Å². The van der Waals surface area contributed by atoms with Crippen LogP contribution >= 0.6 is 0 Å². The van der Waals surface area contributed by atoms with Gasteiger partial charge in [-0.05, 0) is 49.4 Å². The lowest BCUT2D eigenvalue weighted by molar-refractivity contribution is 0.269. The molecule has 2 saturated carbocycles. The first-order valence-electron chi connectivity index (χ1n) is 4.77. The molecule has 2 rings (SSSR count). The van der Waals surface area contributed by atoms with Crippen molar-refractivity contribution < 1.29 is 0 Å². The standard InChI is InChI=1S/C10H18/c1-7(2)8-3-4-9-6-10(9)5-8/h7-10H,3-6H2,1-2H3/t8-,9+,10-/m1/s1. The molecule has 0 spiro atoms. The summed E-state index contributed by atoms with van der Waals surface area (Å²) in [5.41, 5.74) is 0. The number of hydrogen-bond acceptors (Lipinski definition) is 0. The summed E-state index contributed by atoms with van der Waals surface area (Å²) in [5.74, 6) is 4.36. The predicted molar refractivity (Wildman–Crippen MR) is 43.8 cm³/mol. The lowest BCUT2D eigenvalue weighted by atomic mass is 9.82. The van der Waals surface area contributed by atoms with E-state index in [2.05, 4.69) is 13.8 Å². The zero-order valence-electron chi connectivity index (χ0n) is 7.14.